The molecule has 0 atom stereocenters. The normalized spacial score (nSPS) is 11.0. The van der Waals surface area contributed by atoms with E-state index in [1.165, 1.54) is 19.1 Å². The van der Waals surface area contributed by atoms with Crippen LogP contribution >= 0.6 is 31.9 Å². The fourth-order valence-electron chi connectivity index (χ4n) is 2.28. The van der Waals surface area contributed by atoms with Gasteiger partial charge in [-0.3, -0.25) is 9.59 Å². The number of ether oxygens (including phenoxy) is 1. The maximum Gasteiger partial charge on any atom is 0.248 e. The van der Waals surface area contributed by atoms with Crippen LogP contribution in [0.3, 0.4) is 0 Å². The second-order valence-corrected chi connectivity index (χ2v) is 7.89. The van der Waals surface area contributed by atoms with Gasteiger partial charge >= 0.3 is 0 Å². The zero-order valence-electron chi connectivity index (χ0n) is 15.0. The van der Waals surface area contributed by atoms with Crippen LogP contribution in [-0.4, -0.2) is 16.8 Å². The highest BCUT2D eigenvalue weighted by Crippen LogP contribution is 2.40. The quantitative estimate of drug-likeness (QED) is 0.487. The minimum Gasteiger partial charge on any atom is -0.508 e. The van der Waals surface area contributed by atoms with Crippen LogP contribution in [0.5, 0.6) is 17.2 Å². The molecule has 2 aromatic carbocycles. The topological polar surface area (TPSA) is 75.6 Å². The molecule has 0 spiro atoms. The highest BCUT2D eigenvalue weighted by atomic mass is 79.9. The third kappa shape index (κ3) is 5.94. The number of benzene rings is 2. The molecule has 27 heavy (non-hydrogen) atoms. The van der Waals surface area contributed by atoms with Crippen molar-refractivity contribution in [2.45, 2.75) is 26.7 Å². The minimum atomic E-state index is -0.405. The monoisotopic (exact) mass is 495 g/mol. The molecule has 7 heteroatoms. The lowest BCUT2D eigenvalue weighted by Crippen LogP contribution is -2.08. The summed E-state index contributed by atoms with van der Waals surface area (Å²) in [5.41, 5.74) is 1.33. The Labute approximate surface area is 174 Å². The average Bonchev–Trinajstić information content (AvgIpc) is 2.57. The number of allylic oxidation sites excluding steroid dienone is 1. The number of amides is 1. The smallest absolute Gasteiger partial charge is 0.248 e. The number of phenolic OH excluding ortho intramolecular Hbond substituents is 1. The number of ketones is 1. The van der Waals surface area contributed by atoms with Crippen molar-refractivity contribution >= 4 is 49.2 Å². The van der Waals surface area contributed by atoms with Crippen LogP contribution in [0.4, 0.5) is 5.69 Å². The lowest BCUT2D eigenvalue weighted by atomic mass is 10.0. The standard InChI is InChI=1S/C20H19Br2NO4/c1-11(2)15-10-14(5-6-18(15)25)27-20-16(21)8-13(9-17(20)22)23-19(26)7-4-12(3)24/h4-11,25H,1-3H3,(H,23,26)/b7-4+. The Hall–Kier alpha value is -2.12. The maximum absolute atomic E-state index is 11.8. The number of aromatic hydroxyl groups is 1. The van der Waals surface area contributed by atoms with Crippen molar-refractivity contribution in [1.82, 2.24) is 0 Å². The van der Waals surface area contributed by atoms with E-state index in [9.17, 15) is 14.7 Å². The first-order valence-electron chi connectivity index (χ1n) is 8.16. The SMILES string of the molecule is CC(=O)/C=C/C(=O)Nc1cc(Br)c(Oc2ccc(O)c(C(C)C)c2)c(Br)c1. The van der Waals surface area contributed by atoms with Gasteiger partial charge in [-0.25, -0.2) is 0 Å². The molecule has 0 bridgehead atoms. The van der Waals surface area contributed by atoms with E-state index >= 15 is 0 Å². The van der Waals surface area contributed by atoms with E-state index in [2.05, 4.69) is 37.2 Å². The number of carbonyl (C=O) groups excluding carboxylic acids is 2. The van der Waals surface area contributed by atoms with Gasteiger partial charge in [0.1, 0.15) is 11.5 Å². The van der Waals surface area contributed by atoms with Gasteiger partial charge in [0.2, 0.25) is 5.91 Å². The predicted octanol–water partition coefficient (Wildman–Crippen LogP) is 5.92. The summed E-state index contributed by atoms with van der Waals surface area (Å²) >= 11 is 6.88. The van der Waals surface area contributed by atoms with Crippen LogP contribution in [0.15, 0.2) is 51.4 Å². The number of anilines is 1. The Morgan fingerprint density at radius 2 is 1.74 bits per heavy atom. The van der Waals surface area contributed by atoms with Crippen LogP contribution in [0.2, 0.25) is 0 Å². The molecule has 1 amide bonds. The molecule has 0 aliphatic rings. The summed E-state index contributed by atoms with van der Waals surface area (Å²) < 4.78 is 7.20. The van der Waals surface area contributed by atoms with Gasteiger partial charge in [0.15, 0.2) is 11.5 Å². The molecule has 0 aliphatic carbocycles. The summed E-state index contributed by atoms with van der Waals surface area (Å²) in [6, 6.07) is 8.47. The van der Waals surface area contributed by atoms with Crippen molar-refractivity contribution in [3.8, 4) is 17.2 Å². The van der Waals surface area contributed by atoms with E-state index in [-0.39, 0.29) is 17.5 Å². The molecule has 0 aliphatic heterocycles. The van der Waals surface area contributed by atoms with Crippen molar-refractivity contribution < 1.29 is 19.4 Å². The molecule has 2 aromatic rings. The Morgan fingerprint density at radius 3 is 2.30 bits per heavy atom. The maximum atomic E-state index is 11.8. The molecule has 0 saturated carbocycles. The van der Waals surface area contributed by atoms with E-state index in [4.69, 9.17) is 4.74 Å². The molecule has 2 rings (SSSR count). The molecule has 0 aromatic heterocycles. The molecule has 5 nitrogen and oxygen atoms in total. The Balaban J connectivity index is 2.23. The lowest BCUT2D eigenvalue weighted by Gasteiger charge is -2.14. The third-order valence-corrected chi connectivity index (χ3v) is 4.75. The number of hydrogen-bond acceptors (Lipinski definition) is 4. The van der Waals surface area contributed by atoms with Crippen molar-refractivity contribution in [2.24, 2.45) is 0 Å². The van der Waals surface area contributed by atoms with Crippen LogP contribution in [0.25, 0.3) is 0 Å². The van der Waals surface area contributed by atoms with Gasteiger partial charge in [0.05, 0.1) is 8.95 Å². The van der Waals surface area contributed by atoms with Gasteiger partial charge in [-0.1, -0.05) is 13.8 Å². The average molecular weight is 497 g/mol. The van der Waals surface area contributed by atoms with E-state index < -0.39 is 5.91 Å². The van der Waals surface area contributed by atoms with Gasteiger partial charge < -0.3 is 15.2 Å². The van der Waals surface area contributed by atoms with Crippen molar-refractivity contribution in [2.75, 3.05) is 5.32 Å². The number of nitrogens with one attached hydrogen (secondary N) is 1. The Kier molecular flexibility index (Phi) is 7.21. The summed E-state index contributed by atoms with van der Waals surface area (Å²) in [5.74, 6) is 0.892. The number of halogens is 2. The van der Waals surface area contributed by atoms with Crippen molar-refractivity contribution in [1.29, 1.82) is 0 Å². The molecule has 2 N–H and O–H groups in total. The van der Waals surface area contributed by atoms with Gasteiger partial charge in [-0.15, -0.1) is 0 Å². The minimum absolute atomic E-state index is 0.154. The van der Waals surface area contributed by atoms with Crippen LogP contribution in [0, 0.1) is 0 Å². The third-order valence-electron chi connectivity index (χ3n) is 3.58. The summed E-state index contributed by atoms with van der Waals surface area (Å²) in [5, 5.41) is 12.6. The number of rotatable bonds is 6. The van der Waals surface area contributed by atoms with E-state index in [1.54, 1.807) is 30.3 Å². The molecule has 142 valence electrons. The summed E-state index contributed by atoms with van der Waals surface area (Å²) in [6.07, 6.45) is 2.38. The Morgan fingerprint density at radius 1 is 1.11 bits per heavy atom. The number of carbonyl (C=O) groups is 2. The Bertz CT molecular complexity index is 884. The molecule has 0 radical (unpaired) electrons. The predicted molar refractivity (Wildman–Crippen MR) is 113 cm³/mol. The lowest BCUT2D eigenvalue weighted by molar-refractivity contribution is -0.114. The fourth-order valence-corrected chi connectivity index (χ4v) is 3.63. The molecule has 0 heterocycles. The molecular formula is C20H19Br2NO4. The molecule has 0 fully saturated rings. The van der Waals surface area contributed by atoms with Gasteiger partial charge in [-0.2, -0.15) is 0 Å². The van der Waals surface area contributed by atoms with Crippen LogP contribution < -0.4 is 10.1 Å². The molecule has 0 saturated heterocycles. The van der Waals surface area contributed by atoms with Crippen molar-refractivity contribution in [3.05, 3.63) is 57.0 Å². The van der Waals surface area contributed by atoms with Gasteiger partial charge in [-0.05, 0) is 81.1 Å². The summed E-state index contributed by atoms with van der Waals surface area (Å²) in [7, 11) is 0. The van der Waals surface area contributed by atoms with Crippen LogP contribution in [-0.2, 0) is 9.59 Å². The second-order valence-electron chi connectivity index (χ2n) is 6.18. The van der Waals surface area contributed by atoms with Crippen molar-refractivity contribution in [3.63, 3.8) is 0 Å². The van der Waals surface area contributed by atoms with E-state index in [0.717, 1.165) is 5.56 Å². The highest BCUT2D eigenvalue weighted by molar-refractivity contribution is 9.11. The van der Waals surface area contributed by atoms with E-state index in [1.807, 2.05) is 13.8 Å². The molecule has 0 unspecified atom stereocenters. The van der Waals surface area contributed by atoms with E-state index in [0.29, 0.717) is 26.1 Å². The van der Waals surface area contributed by atoms with Gasteiger partial charge in [0, 0.05) is 17.3 Å². The fraction of sp³-hybridized carbons (Fsp3) is 0.200. The number of hydrogen-bond donors (Lipinski definition) is 2. The first-order valence-corrected chi connectivity index (χ1v) is 9.75. The largest absolute Gasteiger partial charge is 0.508 e. The molecular weight excluding hydrogens is 478 g/mol. The summed E-state index contributed by atoms with van der Waals surface area (Å²) in [6.45, 7) is 5.35. The summed E-state index contributed by atoms with van der Waals surface area (Å²) in [4.78, 5) is 22.7. The van der Waals surface area contributed by atoms with Crippen LogP contribution in [0.1, 0.15) is 32.3 Å². The number of phenols is 1. The first kappa shape index (κ1) is 21.2. The zero-order valence-corrected chi connectivity index (χ0v) is 18.2. The zero-order chi connectivity index (χ0) is 20.1. The van der Waals surface area contributed by atoms with Gasteiger partial charge in [0.25, 0.3) is 0 Å². The second kappa shape index (κ2) is 9.19. The highest BCUT2D eigenvalue weighted by Gasteiger charge is 2.13. The first-order chi connectivity index (χ1) is 12.7.